The fourth-order valence-corrected chi connectivity index (χ4v) is 8.24. The van der Waals surface area contributed by atoms with Crippen LogP contribution in [-0.2, 0) is 0 Å². The van der Waals surface area contributed by atoms with Crippen LogP contribution in [0.3, 0.4) is 0 Å². The van der Waals surface area contributed by atoms with Crippen molar-refractivity contribution in [2.24, 2.45) is 0 Å². The molecule has 1 aliphatic carbocycles. The van der Waals surface area contributed by atoms with Gasteiger partial charge in [-0.2, -0.15) is 0 Å². The number of nitrogens with zero attached hydrogens (tertiary/aromatic N) is 2. The minimum Gasteiger partial charge on any atom is -0.435 e. The minimum atomic E-state index is 0.636. The zero-order valence-electron chi connectivity index (χ0n) is 25.2. The van der Waals surface area contributed by atoms with Crippen molar-refractivity contribution < 1.29 is 4.42 Å². The van der Waals surface area contributed by atoms with Crippen LogP contribution in [0.25, 0.3) is 76.1 Å². The van der Waals surface area contributed by atoms with Crippen molar-refractivity contribution in [2.45, 2.75) is 0 Å². The predicted molar refractivity (Wildman–Crippen MR) is 197 cm³/mol. The summed E-state index contributed by atoms with van der Waals surface area (Å²) in [5.41, 5.74) is 9.81. The summed E-state index contributed by atoms with van der Waals surface area (Å²) in [5.74, 6) is 1.49. The lowest BCUT2D eigenvalue weighted by molar-refractivity contribution is 0.590. The summed E-state index contributed by atoms with van der Waals surface area (Å²) in [5, 5.41) is 4.97. The van der Waals surface area contributed by atoms with E-state index in [9.17, 15) is 0 Å². The molecule has 0 spiro atoms. The first-order valence-electron chi connectivity index (χ1n) is 15.8. The number of fused-ring (bicyclic) bond motifs is 6. The van der Waals surface area contributed by atoms with Crippen molar-refractivity contribution in [3.63, 3.8) is 0 Å². The Bertz CT molecular complexity index is 2580. The van der Waals surface area contributed by atoms with Crippen molar-refractivity contribution in [3.05, 3.63) is 158 Å². The highest BCUT2D eigenvalue weighted by molar-refractivity contribution is 7.26. The average Bonchev–Trinajstić information content (AvgIpc) is 3.82. The van der Waals surface area contributed by atoms with Gasteiger partial charge in [-0.05, 0) is 71.1 Å². The SMILES string of the molecule is c1ccc(-c2cccc(N(c3ccc(-c4nc5c(o4)-c4cccc6cccc-5c46)cc3)c3cccc4sc5ccccc5c34)c2)cc1. The summed E-state index contributed by atoms with van der Waals surface area (Å²) in [6.07, 6.45) is 0. The lowest BCUT2D eigenvalue weighted by Gasteiger charge is -2.27. The molecule has 0 amide bonds. The topological polar surface area (TPSA) is 29.3 Å². The molecule has 0 saturated heterocycles. The molecule has 0 unspecified atom stereocenters. The molecular weight excluding hydrogens is 593 g/mol. The van der Waals surface area contributed by atoms with Crippen LogP contribution < -0.4 is 4.90 Å². The summed E-state index contributed by atoms with van der Waals surface area (Å²) in [6, 6.07) is 56.1. The number of oxazole rings is 1. The third kappa shape index (κ3) is 4.09. The molecule has 0 aliphatic heterocycles. The van der Waals surface area contributed by atoms with Gasteiger partial charge in [0.25, 0.3) is 0 Å². The summed E-state index contributed by atoms with van der Waals surface area (Å²) >= 11 is 1.84. The van der Waals surface area contributed by atoms with Crippen LogP contribution in [0.15, 0.2) is 162 Å². The van der Waals surface area contributed by atoms with E-state index in [0.717, 1.165) is 45.2 Å². The van der Waals surface area contributed by atoms with Crippen LogP contribution in [0.5, 0.6) is 0 Å². The van der Waals surface area contributed by atoms with Crippen LogP contribution in [0.4, 0.5) is 17.1 Å². The Kier molecular flexibility index (Phi) is 5.74. The molecule has 1 aliphatic rings. The molecule has 220 valence electrons. The fraction of sp³-hybridized carbons (Fsp3) is 0. The number of aromatic nitrogens is 1. The molecule has 2 heterocycles. The van der Waals surface area contributed by atoms with E-state index in [4.69, 9.17) is 9.40 Å². The fourth-order valence-electron chi connectivity index (χ4n) is 7.11. The minimum absolute atomic E-state index is 0.636. The van der Waals surface area contributed by atoms with Gasteiger partial charge in [-0.25, -0.2) is 4.98 Å². The van der Waals surface area contributed by atoms with Crippen LogP contribution >= 0.6 is 11.3 Å². The van der Waals surface area contributed by atoms with E-state index in [1.165, 1.54) is 42.1 Å². The Hall–Kier alpha value is -5.97. The maximum absolute atomic E-state index is 6.49. The monoisotopic (exact) mass is 618 g/mol. The maximum Gasteiger partial charge on any atom is 0.227 e. The van der Waals surface area contributed by atoms with Gasteiger partial charge in [0.15, 0.2) is 5.76 Å². The molecule has 47 heavy (non-hydrogen) atoms. The predicted octanol–water partition coefficient (Wildman–Crippen LogP) is 12.6. The normalized spacial score (nSPS) is 11.8. The molecule has 3 nitrogen and oxygen atoms in total. The number of anilines is 3. The molecule has 0 saturated carbocycles. The summed E-state index contributed by atoms with van der Waals surface area (Å²) in [7, 11) is 0. The molecule has 7 aromatic carbocycles. The van der Waals surface area contributed by atoms with Gasteiger partial charge in [0, 0.05) is 53.6 Å². The van der Waals surface area contributed by atoms with Crippen LogP contribution in [0.2, 0.25) is 0 Å². The highest BCUT2D eigenvalue weighted by Crippen LogP contribution is 2.49. The molecular formula is C43H26N2OS. The van der Waals surface area contributed by atoms with Crippen molar-refractivity contribution in [3.8, 4) is 45.2 Å². The van der Waals surface area contributed by atoms with E-state index in [-0.39, 0.29) is 0 Å². The Balaban J connectivity index is 1.12. The Labute approximate surface area is 275 Å². The summed E-state index contributed by atoms with van der Waals surface area (Å²) in [6.45, 7) is 0. The Morgan fingerprint density at radius 1 is 0.511 bits per heavy atom. The molecule has 9 aromatic rings. The zero-order valence-corrected chi connectivity index (χ0v) is 26.0. The van der Waals surface area contributed by atoms with E-state index in [0.29, 0.717) is 5.89 Å². The Morgan fingerprint density at radius 2 is 1.23 bits per heavy atom. The first-order chi connectivity index (χ1) is 23.3. The number of benzene rings is 7. The smallest absolute Gasteiger partial charge is 0.227 e. The highest BCUT2D eigenvalue weighted by atomic mass is 32.1. The van der Waals surface area contributed by atoms with Crippen molar-refractivity contribution >= 4 is 59.3 Å². The van der Waals surface area contributed by atoms with Crippen molar-refractivity contribution in [1.82, 2.24) is 4.98 Å². The summed E-state index contributed by atoms with van der Waals surface area (Å²) < 4.78 is 9.05. The standard InChI is InChI=1S/C43H26N2OS/c1-2-10-27(11-3-1)30-14-6-15-32(26-30)45(36-19-9-21-38-40(36)33-16-4-5-20-37(33)47-38)31-24-22-29(23-25-31)43-44-41-34-17-7-12-28-13-8-18-35(39(28)34)42(41)46-43/h1-26H. The van der Waals surface area contributed by atoms with Crippen molar-refractivity contribution in [1.29, 1.82) is 0 Å². The number of rotatable bonds is 5. The highest BCUT2D eigenvalue weighted by Gasteiger charge is 2.28. The van der Waals surface area contributed by atoms with E-state index in [2.05, 4.69) is 163 Å². The third-order valence-corrected chi connectivity index (χ3v) is 10.4. The van der Waals surface area contributed by atoms with Gasteiger partial charge in [0.2, 0.25) is 5.89 Å². The van der Waals surface area contributed by atoms with E-state index < -0.39 is 0 Å². The molecule has 10 rings (SSSR count). The first-order valence-corrected chi connectivity index (χ1v) is 16.6. The van der Waals surface area contributed by atoms with Crippen LogP contribution in [-0.4, -0.2) is 4.98 Å². The molecule has 0 bridgehead atoms. The van der Waals surface area contributed by atoms with Crippen LogP contribution in [0.1, 0.15) is 0 Å². The number of hydrogen-bond acceptors (Lipinski definition) is 4. The van der Waals surface area contributed by atoms with E-state index in [1.807, 2.05) is 11.3 Å². The second kappa shape index (κ2) is 10.3. The average molecular weight is 619 g/mol. The number of thiophene rings is 1. The maximum atomic E-state index is 6.49. The molecule has 0 fully saturated rings. The largest absolute Gasteiger partial charge is 0.435 e. The molecule has 0 atom stereocenters. The number of hydrogen-bond donors (Lipinski definition) is 0. The summed E-state index contributed by atoms with van der Waals surface area (Å²) in [4.78, 5) is 7.41. The second-order valence-electron chi connectivity index (χ2n) is 12.0. The quantitative estimate of drug-likeness (QED) is 0.192. The van der Waals surface area contributed by atoms with Gasteiger partial charge < -0.3 is 9.32 Å². The lowest BCUT2D eigenvalue weighted by atomic mass is 10.0. The molecule has 2 aromatic heterocycles. The zero-order chi connectivity index (χ0) is 30.9. The van der Waals surface area contributed by atoms with Gasteiger partial charge in [-0.15, -0.1) is 11.3 Å². The molecule has 0 radical (unpaired) electrons. The van der Waals surface area contributed by atoms with Gasteiger partial charge in [-0.3, -0.25) is 0 Å². The van der Waals surface area contributed by atoms with Crippen molar-refractivity contribution in [2.75, 3.05) is 4.90 Å². The van der Waals surface area contributed by atoms with Crippen LogP contribution in [0, 0.1) is 0 Å². The van der Waals surface area contributed by atoms with E-state index >= 15 is 0 Å². The Morgan fingerprint density at radius 3 is 2.11 bits per heavy atom. The molecule has 0 N–H and O–H groups in total. The van der Waals surface area contributed by atoms with Gasteiger partial charge in [0.1, 0.15) is 5.69 Å². The molecule has 4 heteroatoms. The van der Waals surface area contributed by atoms with Gasteiger partial charge in [-0.1, -0.05) is 103 Å². The first kappa shape index (κ1) is 26.3. The third-order valence-electron chi connectivity index (χ3n) is 9.24. The van der Waals surface area contributed by atoms with Gasteiger partial charge >= 0.3 is 0 Å². The lowest BCUT2D eigenvalue weighted by Crippen LogP contribution is -2.10. The van der Waals surface area contributed by atoms with Gasteiger partial charge in [0.05, 0.1) is 5.69 Å². The van der Waals surface area contributed by atoms with E-state index in [1.54, 1.807) is 0 Å². The second-order valence-corrected chi connectivity index (χ2v) is 13.0.